The van der Waals surface area contributed by atoms with Crippen LogP contribution in [0.4, 0.5) is 18.9 Å². The highest BCUT2D eigenvalue weighted by Crippen LogP contribution is 2.36. The van der Waals surface area contributed by atoms with E-state index in [1.54, 1.807) is 19.2 Å². The standard InChI is InChI=1S/C30H32ClF3N4O3/c1-36(24-5-3-21(17-35)27(16-24)30(32,33)34)23-6-8-25(9-7-23)41-29(19-39)38-12-10-37(11-13-38)18-26-14-20-2-4-22(31)15-28(20)40-26/h2-5,14-16,19,23,25,29H,6-13,18H2,1H3. The van der Waals surface area contributed by atoms with E-state index in [1.807, 2.05) is 29.2 Å². The van der Waals surface area contributed by atoms with E-state index in [0.29, 0.717) is 43.2 Å². The van der Waals surface area contributed by atoms with Gasteiger partial charge in [-0.15, -0.1) is 0 Å². The number of anilines is 1. The molecule has 7 nitrogen and oxygen atoms in total. The SMILES string of the molecule is CN(c1ccc(C#N)c(C(F)(F)F)c1)C1CCC(OC(C=O)N2CCN(Cc3cc4ccc(Cl)cc4o3)CC2)CC1. The second-order valence-electron chi connectivity index (χ2n) is 10.8. The summed E-state index contributed by atoms with van der Waals surface area (Å²) in [5, 5.41) is 10.7. The molecule has 2 fully saturated rings. The van der Waals surface area contributed by atoms with E-state index in [0.717, 1.165) is 55.0 Å². The Morgan fingerprint density at radius 3 is 2.51 bits per heavy atom. The molecule has 2 aromatic carbocycles. The second kappa shape index (κ2) is 12.4. The molecule has 41 heavy (non-hydrogen) atoms. The summed E-state index contributed by atoms with van der Waals surface area (Å²) in [5.74, 6) is 0.872. The van der Waals surface area contributed by atoms with E-state index in [9.17, 15) is 18.0 Å². The van der Waals surface area contributed by atoms with E-state index in [-0.39, 0.29) is 17.7 Å². The van der Waals surface area contributed by atoms with E-state index < -0.39 is 18.0 Å². The van der Waals surface area contributed by atoms with Crippen molar-refractivity contribution in [3.8, 4) is 6.07 Å². The van der Waals surface area contributed by atoms with Crippen LogP contribution in [0.2, 0.25) is 5.02 Å². The molecule has 2 heterocycles. The number of ether oxygens (including phenoxy) is 1. The molecule has 1 unspecified atom stereocenters. The third kappa shape index (κ3) is 6.87. The lowest BCUT2D eigenvalue weighted by Crippen LogP contribution is -2.52. The van der Waals surface area contributed by atoms with Crippen LogP contribution in [0.1, 0.15) is 42.6 Å². The van der Waals surface area contributed by atoms with Gasteiger partial charge in [-0.1, -0.05) is 11.6 Å². The van der Waals surface area contributed by atoms with Gasteiger partial charge in [0.15, 0.2) is 12.5 Å². The van der Waals surface area contributed by atoms with Crippen LogP contribution < -0.4 is 4.90 Å². The van der Waals surface area contributed by atoms with E-state index in [1.165, 1.54) is 6.07 Å². The number of aldehydes is 1. The van der Waals surface area contributed by atoms with Gasteiger partial charge in [0.25, 0.3) is 0 Å². The van der Waals surface area contributed by atoms with Crippen LogP contribution in [0.5, 0.6) is 0 Å². The molecule has 5 rings (SSSR count). The zero-order chi connectivity index (χ0) is 29.1. The molecule has 0 spiro atoms. The molecule has 3 aromatic rings. The third-order valence-corrected chi connectivity index (χ3v) is 8.39. The van der Waals surface area contributed by atoms with Gasteiger partial charge in [-0.05, 0) is 62.1 Å². The van der Waals surface area contributed by atoms with Crippen molar-refractivity contribution in [1.29, 1.82) is 5.26 Å². The topological polar surface area (TPSA) is 73.0 Å². The molecule has 2 aliphatic rings. The minimum absolute atomic E-state index is 0.0383. The summed E-state index contributed by atoms with van der Waals surface area (Å²) in [6.45, 7) is 3.59. The Labute approximate surface area is 242 Å². The Morgan fingerprint density at radius 2 is 1.85 bits per heavy atom. The van der Waals surface area contributed by atoms with Crippen molar-refractivity contribution >= 4 is 34.5 Å². The summed E-state index contributed by atoms with van der Waals surface area (Å²) in [4.78, 5) is 18.2. The molecule has 0 bridgehead atoms. The summed E-state index contributed by atoms with van der Waals surface area (Å²) in [7, 11) is 1.78. The van der Waals surface area contributed by atoms with Crippen molar-refractivity contribution in [3.63, 3.8) is 0 Å². The molecule has 1 atom stereocenters. The lowest BCUT2D eigenvalue weighted by molar-refractivity contribution is -0.146. The normalized spacial score (nSPS) is 21.5. The van der Waals surface area contributed by atoms with Crippen LogP contribution in [0.3, 0.4) is 0 Å². The van der Waals surface area contributed by atoms with Gasteiger partial charge in [0.2, 0.25) is 0 Å². The number of rotatable bonds is 8. The van der Waals surface area contributed by atoms with Gasteiger partial charge in [-0.3, -0.25) is 14.6 Å². The van der Waals surface area contributed by atoms with Crippen LogP contribution >= 0.6 is 11.6 Å². The number of carbonyl (C=O) groups is 1. The summed E-state index contributed by atoms with van der Waals surface area (Å²) in [6, 6.07) is 13.1. The quantitative estimate of drug-likeness (QED) is 0.295. The lowest BCUT2D eigenvalue weighted by atomic mass is 9.91. The maximum absolute atomic E-state index is 13.4. The van der Waals surface area contributed by atoms with Crippen LogP contribution in [0.25, 0.3) is 11.0 Å². The number of benzene rings is 2. The Morgan fingerprint density at radius 1 is 1.12 bits per heavy atom. The number of furan rings is 1. The van der Waals surface area contributed by atoms with E-state index >= 15 is 0 Å². The molecule has 0 amide bonds. The van der Waals surface area contributed by atoms with Crippen LogP contribution in [-0.2, 0) is 22.3 Å². The fourth-order valence-electron chi connectivity index (χ4n) is 5.80. The Hall–Kier alpha value is -3.10. The van der Waals surface area contributed by atoms with Gasteiger partial charge >= 0.3 is 6.18 Å². The molecule has 11 heteroatoms. The summed E-state index contributed by atoms with van der Waals surface area (Å²) in [5.41, 5.74) is -0.106. The number of halogens is 4. The first kappa shape index (κ1) is 29.4. The predicted octanol–water partition coefficient (Wildman–Crippen LogP) is 6.08. The maximum Gasteiger partial charge on any atom is 0.417 e. The number of alkyl halides is 3. The van der Waals surface area contributed by atoms with Gasteiger partial charge < -0.3 is 14.1 Å². The van der Waals surface area contributed by atoms with Gasteiger partial charge in [0, 0.05) is 61.4 Å². The molecule has 0 N–H and O–H groups in total. The van der Waals surface area contributed by atoms with Gasteiger partial charge in [0.05, 0.1) is 29.8 Å². The molecule has 1 saturated carbocycles. The zero-order valence-corrected chi connectivity index (χ0v) is 23.5. The van der Waals surface area contributed by atoms with Crippen molar-refractivity contribution in [2.24, 2.45) is 0 Å². The van der Waals surface area contributed by atoms with Crippen LogP contribution in [0.15, 0.2) is 46.9 Å². The van der Waals surface area contributed by atoms with Crippen molar-refractivity contribution in [2.45, 2.75) is 56.8 Å². The first-order valence-corrected chi connectivity index (χ1v) is 14.1. The molecule has 1 saturated heterocycles. The molecular weight excluding hydrogens is 557 g/mol. The Bertz CT molecular complexity index is 1410. The van der Waals surface area contributed by atoms with Crippen molar-refractivity contribution in [3.05, 3.63) is 64.4 Å². The number of carbonyl (C=O) groups excluding carboxylic acids is 1. The minimum Gasteiger partial charge on any atom is -0.460 e. The fraction of sp³-hybridized carbons (Fsp3) is 0.467. The maximum atomic E-state index is 13.4. The summed E-state index contributed by atoms with van der Waals surface area (Å²) < 4.78 is 52.4. The smallest absolute Gasteiger partial charge is 0.417 e. The first-order chi connectivity index (χ1) is 19.6. The number of nitriles is 1. The molecule has 1 aromatic heterocycles. The molecule has 0 radical (unpaired) electrons. The monoisotopic (exact) mass is 588 g/mol. The highest BCUT2D eigenvalue weighted by molar-refractivity contribution is 6.31. The Kier molecular flexibility index (Phi) is 8.90. The molecular formula is C30H32ClF3N4O3. The average Bonchev–Trinajstić information content (AvgIpc) is 3.36. The second-order valence-corrected chi connectivity index (χ2v) is 11.2. The first-order valence-electron chi connectivity index (χ1n) is 13.7. The number of fused-ring (bicyclic) bond motifs is 1. The van der Waals surface area contributed by atoms with Crippen LogP contribution in [0, 0.1) is 11.3 Å². The highest BCUT2D eigenvalue weighted by Gasteiger charge is 2.35. The number of hydrogen-bond donors (Lipinski definition) is 0. The minimum atomic E-state index is -4.59. The molecule has 218 valence electrons. The van der Waals surface area contributed by atoms with Gasteiger partial charge in [0.1, 0.15) is 11.3 Å². The number of piperazine rings is 1. The number of nitrogens with zero attached hydrogens (tertiary/aromatic N) is 4. The number of hydrogen-bond acceptors (Lipinski definition) is 7. The molecule has 1 aliphatic heterocycles. The van der Waals surface area contributed by atoms with E-state index in [4.69, 9.17) is 26.0 Å². The lowest BCUT2D eigenvalue weighted by Gasteiger charge is -2.40. The van der Waals surface area contributed by atoms with Crippen LogP contribution in [-0.4, -0.2) is 67.7 Å². The van der Waals surface area contributed by atoms with Gasteiger partial charge in [-0.25, -0.2) is 0 Å². The summed E-state index contributed by atoms with van der Waals surface area (Å²) >= 11 is 6.06. The average molecular weight is 589 g/mol. The van der Waals surface area contributed by atoms with E-state index in [2.05, 4.69) is 9.80 Å². The Balaban J connectivity index is 1.10. The zero-order valence-electron chi connectivity index (χ0n) is 22.7. The third-order valence-electron chi connectivity index (χ3n) is 8.16. The summed E-state index contributed by atoms with van der Waals surface area (Å²) in [6.07, 6.45) is -1.60. The predicted molar refractivity (Wildman–Crippen MR) is 150 cm³/mol. The van der Waals surface area contributed by atoms with Crippen molar-refractivity contribution < 1.29 is 27.1 Å². The van der Waals surface area contributed by atoms with Crippen molar-refractivity contribution in [2.75, 3.05) is 38.1 Å². The molecule has 1 aliphatic carbocycles. The van der Waals surface area contributed by atoms with Gasteiger partial charge in [-0.2, -0.15) is 18.4 Å². The fourth-order valence-corrected chi connectivity index (χ4v) is 5.96. The van der Waals surface area contributed by atoms with Crippen molar-refractivity contribution in [1.82, 2.24) is 9.80 Å². The largest absolute Gasteiger partial charge is 0.460 e. The highest BCUT2D eigenvalue weighted by atomic mass is 35.5.